The van der Waals surface area contributed by atoms with Gasteiger partial charge >= 0.3 is 0 Å². The van der Waals surface area contributed by atoms with Crippen molar-refractivity contribution in [1.29, 1.82) is 0 Å². The molecule has 4 rings (SSSR count). The lowest BCUT2D eigenvalue weighted by Gasteiger charge is -2.13. The first-order valence-corrected chi connectivity index (χ1v) is 10.4. The second-order valence-electron chi connectivity index (χ2n) is 7.81. The van der Waals surface area contributed by atoms with Crippen LogP contribution in [0.5, 0.6) is 0 Å². The lowest BCUT2D eigenvalue weighted by atomic mass is 9.96. The van der Waals surface area contributed by atoms with Crippen molar-refractivity contribution in [2.45, 2.75) is 40.3 Å². The summed E-state index contributed by atoms with van der Waals surface area (Å²) in [6, 6.07) is 14.0. The van der Waals surface area contributed by atoms with Crippen LogP contribution in [0.4, 0.5) is 11.6 Å². The molecular weight excluding hydrogens is 388 g/mol. The maximum absolute atomic E-state index is 12.9. The zero-order valence-corrected chi connectivity index (χ0v) is 18.2. The number of hydrogen-bond acceptors (Lipinski definition) is 5. The molecule has 0 aliphatic rings. The van der Waals surface area contributed by atoms with Crippen molar-refractivity contribution < 1.29 is 4.79 Å². The van der Waals surface area contributed by atoms with E-state index in [9.17, 15) is 4.79 Å². The minimum atomic E-state index is -0.161. The SMILES string of the molecule is CCn1nccc1NC(=O)c1ccc(C)c(-c2ccc3c(NC(C)C)nncc3c2)c1. The van der Waals surface area contributed by atoms with Gasteiger partial charge in [0.05, 0.1) is 12.4 Å². The van der Waals surface area contributed by atoms with Crippen LogP contribution in [0.25, 0.3) is 21.9 Å². The summed E-state index contributed by atoms with van der Waals surface area (Å²) < 4.78 is 1.75. The molecule has 0 aliphatic heterocycles. The highest BCUT2D eigenvalue weighted by Crippen LogP contribution is 2.30. The Bertz CT molecular complexity index is 1240. The Kier molecular flexibility index (Phi) is 5.66. The topological polar surface area (TPSA) is 84.7 Å². The monoisotopic (exact) mass is 414 g/mol. The van der Waals surface area contributed by atoms with Crippen LogP contribution in [0.15, 0.2) is 54.9 Å². The van der Waals surface area contributed by atoms with Gasteiger partial charge in [-0.25, -0.2) is 4.68 Å². The fourth-order valence-electron chi connectivity index (χ4n) is 3.59. The molecule has 31 heavy (non-hydrogen) atoms. The van der Waals surface area contributed by atoms with E-state index in [2.05, 4.69) is 58.0 Å². The van der Waals surface area contributed by atoms with Gasteiger partial charge in [0.25, 0.3) is 5.91 Å². The molecule has 0 unspecified atom stereocenters. The third-order valence-electron chi connectivity index (χ3n) is 5.16. The number of aromatic nitrogens is 4. The van der Waals surface area contributed by atoms with E-state index in [0.29, 0.717) is 17.9 Å². The number of carbonyl (C=O) groups is 1. The molecule has 2 aromatic heterocycles. The van der Waals surface area contributed by atoms with E-state index in [1.54, 1.807) is 23.1 Å². The highest BCUT2D eigenvalue weighted by atomic mass is 16.1. The molecule has 2 heterocycles. The van der Waals surface area contributed by atoms with Crippen LogP contribution in [0.2, 0.25) is 0 Å². The van der Waals surface area contributed by atoms with E-state index in [1.165, 1.54) is 0 Å². The van der Waals surface area contributed by atoms with Crippen LogP contribution < -0.4 is 10.6 Å². The number of nitrogens with one attached hydrogen (secondary N) is 2. The average Bonchev–Trinajstić information content (AvgIpc) is 3.20. The molecule has 0 aliphatic carbocycles. The standard InChI is InChI=1S/C24H26N6O/c1-5-30-22(10-11-26-30)28-24(31)18-7-6-16(4)21(13-18)17-8-9-20-19(12-17)14-25-29-23(20)27-15(2)3/h6-15H,5H2,1-4H3,(H,27,29)(H,28,31). The predicted molar refractivity (Wildman–Crippen MR) is 124 cm³/mol. The summed E-state index contributed by atoms with van der Waals surface area (Å²) in [4.78, 5) is 12.9. The van der Waals surface area contributed by atoms with Crippen molar-refractivity contribution >= 4 is 28.3 Å². The molecule has 4 aromatic rings. The van der Waals surface area contributed by atoms with Gasteiger partial charge in [0.15, 0.2) is 5.82 Å². The Morgan fingerprint density at radius 1 is 1.13 bits per heavy atom. The van der Waals surface area contributed by atoms with Gasteiger partial charge in [0, 0.05) is 35.0 Å². The van der Waals surface area contributed by atoms with E-state index in [0.717, 1.165) is 33.3 Å². The van der Waals surface area contributed by atoms with Crippen molar-refractivity contribution in [2.75, 3.05) is 10.6 Å². The molecule has 0 saturated heterocycles. The molecular formula is C24H26N6O. The third-order valence-corrected chi connectivity index (χ3v) is 5.16. The second kappa shape index (κ2) is 8.55. The Labute approximate surface area is 181 Å². The number of rotatable bonds is 6. The Balaban J connectivity index is 1.68. The van der Waals surface area contributed by atoms with Crippen LogP contribution in [0.1, 0.15) is 36.7 Å². The van der Waals surface area contributed by atoms with Crippen LogP contribution in [-0.4, -0.2) is 31.9 Å². The van der Waals surface area contributed by atoms with Crippen molar-refractivity contribution in [1.82, 2.24) is 20.0 Å². The molecule has 0 atom stereocenters. The molecule has 1 amide bonds. The average molecular weight is 415 g/mol. The number of hydrogen-bond donors (Lipinski definition) is 2. The molecule has 0 radical (unpaired) electrons. The van der Waals surface area contributed by atoms with Crippen LogP contribution in [0, 0.1) is 6.92 Å². The lowest BCUT2D eigenvalue weighted by Crippen LogP contribution is -2.15. The van der Waals surface area contributed by atoms with Gasteiger partial charge in [-0.15, -0.1) is 5.10 Å². The fourth-order valence-corrected chi connectivity index (χ4v) is 3.59. The molecule has 0 fully saturated rings. The van der Waals surface area contributed by atoms with Crippen LogP contribution in [-0.2, 0) is 6.54 Å². The Hall–Kier alpha value is -3.74. The van der Waals surface area contributed by atoms with Gasteiger partial charge in [0.2, 0.25) is 0 Å². The predicted octanol–water partition coefficient (Wildman–Crippen LogP) is 4.89. The number of nitrogens with zero attached hydrogens (tertiary/aromatic N) is 4. The molecule has 0 saturated carbocycles. The van der Waals surface area contributed by atoms with Crippen LogP contribution in [0.3, 0.4) is 0 Å². The van der Waals surface area contributed by atoms with E-state index >= 15 is 0 Å². The summed E-state index contributed by atoms with van der Waals surface area (Å²) in [5, 5.41) is 20.9. The van der Waals surface area contributed by atoms with E-state index in [4.69, 9.17) is 0 Å². The summed E-state index contributed by atoms with van der Waals surface area (Å²) in [6.07, 6.45) is 3.45. The molecule has 7 heteroatoms. The van der Waals surface area contributed by atoms with Crippen molar-refractivity contribution in [2.24, 2.45) is 0 Å². The number of benzene rings is 2. The van der Waals surface area contributed by atoms with Gasteiger partial charge in [-0.3, -0.25) is 4.79 Å². The largest absolute Gasteiger partial charge is 0.366 e. The summed E-state index contributed by atoms with van der Waals surface area (Å²) in [5.41, 5.74) is 3.73. The maximum atomic E-state index is 12.9. The van der Waals surface area contributed by atoms with Gasteiger partial charge in [0.1, 0.15) is 5.82 Å². The number of anilines is 2. The first-order chi connectivity index (χ1) is 15.0. The van der Waals surface area contributed by atoms with Gasteiger partial charge in [-0.2, -0.15) is 10.2 Å². The van der Waals surface area contributed by atoms with E-state index < -0.39 is 0 Å². The second-order valence-corrected chi connectivity index (χ2v) is 7.81. The lowest BCUT2D eigenvalue weighted by molar-refractivity contribution is 0.102. The highest BCUT2D eigenvalue weighted by molar-refractivity contribution is 6.05. The fraction of sp³-hybridized carbons (Fsp3) is 0.250. The molecule has 158 valence electrons. The molecule has 2 aromatic carbocycles. The number of fused-ring (bicyclic) bond motifs is 1. The molecule has 7 nitrogen and oxygen atoms in total. The summed E-state index contributed by atoms with van der Waals surface area (Å²) in [7, 11) is 0. The van der Waals surface area contributed by atoms with Gasteiger partial charge in [-0.05, 0) is 68.7 Å². The normalized spacial score (nSPS) is 11.1. The molecule has 2 N–H and O–H groups in total. The highest BCUT2D eigenvalue weighted by Gasteiger charge is 2.13. The summed E-state index contributed by atoms with van der Waals surface area (Å²) in [6.45, 7) is 8.86. The minimum absolute atomic E-state index is 0.161. The zero-order valence-electron chi connectivity index (χ0n) is 18.2. The number of amides is 1. The third kappa shape index (κ3) is 4.26. The number of carbonyl (C=O) groups excluding carboxylic acids is 1. The van der Waals surface area contributed by atoms with Crippen molar-refractivity contribution in [3.05, 3.63) is 66.0 Å². The first kappa shape index (κ1) is 20.5. The smallest absolute Gasteiger partial charge is 0.256 e. The minimum Gasteiger partial charge on any atom is -0.366 e. The quantitative estimate of drug-likeness (QED) is 0.469. The van der Waals surface area contributed by atoms with Gasteiger partial charge in [-0.1, -0.05) is 12.1 Å². The summed E-state index contributed by atoms with van der Waals surface area (Å²) in [5.74, 6) is 1.30. The zero-order chi connectivity index (χ0) is 22.0. The van der Waals surface area contributed by atoms with Crippen molar-refractivity contribution in [3.63, 3.8) is 0 Å². The molecule has 0 spiro atoms. The van der Waals surface area contributed by atoms with Crippen LogP contribution >= 0.6 is 0 Å². The Morgan fingerprint density at radius 3 is 2.74 bits per heavy atom. The van der Waals surface area contributed by atoms with E-state index in [1.807, 2.05) is 32.0 Å². The first-order valence-electron chi connectivity index (χ1n) is 10.4. The van der Waals surface area contributed by atoms with Gasteiger partial charge < -0.3 is 10.6 Å². The number of aryl methyl sites for hydroxylation is 2. The maximum Gasteiger partial charge on any atom is 0.256 e. The Morgan fingerprint density at radius 2 is 1.97 bits per heavy atom. The van der Waals surface area contributed by atoms with Crippen molar-refractivity contribution in [3.8, 4) is 11.1 Å². The summed E-state index contributed by atoms with van der Waals surface area (Å²) >= 11 is 0. The molecule has 0 bridgehead atoms. The van der Waals surface area contributed by atoms with E-state index in [-0.39, 0.29) is 11.9 Å².